The van der Waals surface area contributed by atoms with Crippen molar-refractivity contribution in [3.05, 3.63) is 71.7 Å². The Kier molecular flexibility index (Phi) is 3.11. The maximum atomic E-state index is 12.9. The minimum atomic E-state index is -0.330. The lowest BCUT2D eigenvalue weighted by Gasteiger charge is -2.05. The normalized spacial score (nSPS) is 10.9. The van der Waals surface area contributed by atoms with Gasteiger partial charge < -0.3 is 4.57 Å². The van der Waals surface area contributed by atoms with Gasteiger partial charge in [-0.1, -0.05) is 12.1 Å². The number of nitrogens with zero attached hydrogens (tertiary/aromatic N) is 1. The van der Waals surface area contributed by atoms with Gasteiger partial charge in [-0.25, -0.2) is 4.39 Å². The molecule has 3 heteroatoms. The van der Waals surface area contributed by atoms with Crippen LogP contribution in [-0.2, 0) is 6.54 Å². The molecule has 20 heavy (non-hydrogen) atoms. The Balaban J connectivity index is 1.91. The van der Waals surface area contributed by atoms with Crippen LogP contribution in [0.3, 0.4) is 0 Å². The van der Waals surface area contributed by atoms with Crippen LogP contribution in [0.25, 0.3) is 10.9 Å². The minimum absolute atomic E-state index is 0.0241. The molecule has 0 amide bonds. The van der Waals surface area contributed by atoms with Crippen LogP contribution in [0.4, 0.5) is 4.39 Å². The fourth-order valence-corrected chi connectivity index (χ4v) is 2.31. The highest BCUT2D eigenvalue weighted by molar-refractivity contribution is 5.96. The van der Waals surface area contributed by atoms with Crippen molar-refractivity contribution in [3.63, 3.8) is 0 Å². The van der Waals surface area contributed by atoms with E-state index >= 15 is 0 Å². The number of hydrogen-bond donors (Lipinski definition) is 0. The highest BCUT2D eigenvalue weighted by Crippen LogP contribution is 2.18. The first kappa shape index (κ1) is 12.6. The predicted molar refractivity (Wildman–Crippen MR) is 77.4 cm³/mol. The fraction of sp³-hybridized carbons (Fsp3) is 0.118. The van der Waals surface area contributed by atoms with Crippen LogP contribution in [0.5, 0.6) is 0 Å². The topological polar surface area (TPSA) is 22.0 Å². The fourth-order valence-electron chi connectivity index (χ4n) is 2.31. The summed E-state index contributed by atoms with van der Waals surface area (Å²) in [6.45, 7) is 2.29. The van der Waals surface area contributed by atoms with Gasteiger partial charge in [-0.05, 0) is 54.3 Å². The van der Waals surface area contributed by atoms with Crippen molar-refractivity contribution in [2.75, 3.05) is 0 Å². The SMILES string of the molecule is Cc1ccc2ccn(CC(=O)c3ccc(F)cc3)c2c1. The molecule has 0 unspecified atom stereocenters. The largest absolute Gasteiger partial charge is 0.340 e. The van der Waals surface area contributed by atoms with Gasteiger partial charge in [0.2, 0.25) is 0 Å². The number of aryl methyl sites for hydroxylation is 1. The van der Waals surface area contributed by atoms with E-state index in [1.807, 2.05) is 29.8 Å². The summed E-state index contributed by atoms with van der Waals surface area (Å²) in [6, 6.07) is 13.8. The summed E-state index contributed by atoms with van der Waals surface area (Å²) in [5, 5.41) is 1.11. The Bertz CT molecular complexity index is 771. The summed E-state index contributed by atoms with van der Waals surface area (Å²) in [5.74, 6) is -0.354. The molecule has 0 atom stereocenters. The summed E-state index contributed by atoms with van der Waals surface area (Å²) < 4.78 is 14.8. The third-order valence-corrected chi connectivity index (χ3v) is 3.41. The molecule has 0 fully saturated rings. The van der Waals surface area contributed by atoms with Gasteiger partial charge in [0.15, 0.2) is 5.78 Å². The van der Waals surface area contributed by atoms with E-state index in [0.29, 0.717) is 5.56 Å². The number of rotatable bonds is 3. The highest BCUT2D eigenvalue weighted by atomic mass is 19.1. The summed E-state index contributed by atoms with van der Waals surface area (Å²) in [6.07, 6.45) is 1.91. The van der Waals surface area contributed by atoms with E-state index in [1.165, 1.54) is 24.3 Å². The van der Waals surface area contributed by atoms with Gasteiger partial charge in [0.1, 0.15) is 5.82 Å². The summed E-state index contributed by atoms with van der Waals surface area (Å²) in [7, 11) is 0. The number of Topliss-reactive ketones (excluding diaryl/α,β-unsaturated/α-hetero) is 1. The van der Waals surface area contributed by atoms with Crippen LogP contribution >= 0.6 is 0 Å². The standard InChI is InChI=1S/C17H14FNO/c1-12-2-3-13-8-9-19(16(13)10-12)11-17(20)14-4-6-15(18)7-5-14/h2-10H,11H2,1H3. The molecule has 0 aliphatic heterocycles. The third kappa shape index (κ3) is 2.35. The Labute approximate surface area is 116 Å². The summed E-state index contributed by atoms with van der Waals surface area (Å²) >= 11 is 0. The Morgan fingerprint density at radius 2 is 1.85 bits per heavy atom. The van der Waals surface area contributed by atoms with E-state index in [2.05, 4.69) is 12.1 Å². The van der Waals surface area contributed by atoms with Crippen molar-refractivity contribution in [1.29, 1.82) is 0 Å². The molecular formula is C17H14FNO. The average Bonchev–Trinajstić information content (AvgIpc) is 2.82. The van der Waals surface area contributed by atoms with Crippen LogP contribution in [0.1, 0.15) is 15.9 Å². The molecule has 1 heterocycles. The second-order valence-corrected chi connectivity index (χ2v) is 4.94. The number of fused-ring (bicyclic) bond motifs is 1. The van der Waals surface area contributed by atoms with Crippen molar-refractivity contribution >= 4 is 16.7 Å². The van der Waals surface area contributed by atoms with Gasteiger partial charge in [-0.2, -0.15) is 0 Å². The lowest BCUT2D eigenvalue weighted by atomic mass is 10.1. The molecule has 0 radical (unpaired) electrons. The van der Waals surface area contributed by atoms with E-state index < -0.39 is 0 Å². The predicted octanol–water partition coefficient (Wildman–Crippen LogP) is 3.97. The molecule has 0 aliphatic rings. The van der Waals surface area contributed by atoms with E-state index in [1.54, 1.807) is 0 Å². The van der Waals surface area contributed by atoms with Crippen LogP contribution in [-0.4, -0.2) is 10.4 Å². The first-order valence-corrected chi connectivity index (χ1v) is 6.48. The number of carbonyl (C=O) groups is 1. The van der Waals surface area contributed by atoms with Gasteiger partial charge in [0.05, 0.1) is 6.54 Å². The quantitative estimate of drug-likeness (QED) is 0.658. The molecule has 0 aliphatic carbocycles. The molecule has 100 valence electrons. The zero-order valence-electron chi connectivity index (χ0n) is 11.1. The smallest absolute Gasteiger partial charge is 0.182 e. The van der Waals surface area contributed by atoms with Gasteiger partial charge in [-0.15, -0.1) is 0 Å². The molecular weight excluding hydrogens is 253 g/mol. The number of aromatic nitrogens is 1. The molecule has 3 rings (SSSR count). The van der Waals surface area contributed by atoms with Crippen molar-refractivity contribution in [3.8, 4) is 0 Å². The van der Waals surface area contributed by atoms with Crippen LogP contribution in [0.2, 0.25) is 0 Å². The Morgan fingerprint density at radius 1 is 1.10 bits per heavy atom. The van der Waals surface area contributed by atoms with Gasteiger partial charge >= 0.3 is 0 Å². The summed E-state index contributed by atoms with van der Waals surface area (Å²) in [4.78, 5) is 12.2. The lowest BCUT2D eigenvalue weighted by Crippen LogP contribution is -2.09. The van der Waals surface area contributed by atoms with Crippen molar-refractivity contribution in [2.24, 2.45) is 0 Å². The number of hydrogen-bond acceptors (Lipinski definition) is 1. The molecule has 0 bridgehead atoms. The van der Waals surface area contributed by atoms with E-state index in [9.17, 15) is 9.18 Å². The minimum Gasteiger partial charge on any atom is -0.340 e. The van der Waals surface area contributed by atoms with E-state index in [0.717, 1.165) is 16.5 Å². The average molecular weight is 267 g/mol. The first-order valence-electron chi connectivity index (χ1n) is 6.48. The summed E-state index contributed by atoms with van der Waals surface area (Å²) in [5.41, 5.74) is 2.73. The molecule has 0 saturated heterocycles. The van der Waals surface area contributed by atoms with Crippen LogP contribution in [0.15, 0.2) is 54.7 Å². The van der Waals surface area contributed by atoms with Gasteiger partial charge in [-0.3, -0.25) is 4.79 Å². The Hall–Kier alpha value is -2.42. The first-order chi connectivity index (χ1) is 9.63. The van der Waals surface area contributed by atoms with E-state index in [4.69, 9.17) is 0 Å². The molecule has 0 saturated carbocycles. The number of ketones is 1. The van der Waals surface area contributed by atoms with Crippen LogP contribution < -0.4 is 0 Å². The number of carbonyl (C=O) groups excluding carboxylic acids is 1. The highest BCUT2D eigenvalue weighted by Gasteiger charge is 2.09. The molecule has 2 nitrogen and oxygen atoms in total. The molecule has 2 aromatic carbocycles. The van der Waals surface area contributed by atoms with Crippen molar-refractivity contribution < 1.29 is 9.18 Å². The maximum Gasteiger partial charge on any atom is 0.182 e. The molecule has 0 spiro atoms. The van der Waals surface area contributed by atoms with Gasteiger partial charge in [0, 0.05) is 17.3 Å². The lowest BCUT2D eigenvalue weighted by molar-refractivity contribution is 0.0973. The third-order valence-electron chi connectivity index (χ3n) is 3.41. The van der Waals surface area contributed by atoms with Crippen molar-refractivity contribution in [1.82, 2.24) is 4.57 Å². The van der Waals surface area contributed by atoms with E-state index in [-0.39, 0.29) is 18.1 Å². The van der Waals surface area contributed by atoms with Gasteiger partial charge in [0.25, 0.3) is 0 Å². The van der Waals surface area contributed by atoms with Crippen LogP contribution in [0, 0.1) is 12.7 Å². The molecule has 3 aromatic rings. The van der Waals surface area contributed by atoms with Crippen molar-refractivity contribution in [2.45, 2.75) is 13.5 Å². The number of benzene rings is 2. The second kappa shape index (κ2) is 4.93. The monoisotopic (exact) mass is 267 g/mol. The molecule has 1 aromatic heterocycles. The maximum absolute atomic E-state index is 12.9. The zero-order valence-corrected chi connectivity index (χ0v) is 11.1. The number of halogens is 1. The zero-order chi connectivity index (χ0) is 14.1. The second-order valence-electron chi connectivity index (χ2n) is 4.94. The molecule has 0 N–H and O–H groups in total. The Morgan fingerprint density at radius 3 is 2.60 bits per heavy atom.